The molecule has 0 bridgehead atoms. The smallest absolute Gasteiger partial charge is 0.194 e. The van der Waals surface area contributed by atoms with Crippen LogP contribution in [0, 0.1) is 17.5 Å². The maximum absolute atomic E-state index is 13.4. The summed E-state index contributed by atoms with van der Waals surface area (Å²) in [6.07, 6.45) is -1.05. The van der Waals surface area contributed by atoms with Gasteiger partial charge in [-0.15, -0.1) is 11.3 Å². The van der Waals surface area contributed by atoms with Crippen LogP contribution < -0.4 is 0 Å². The molecule has 0 amide bonds. The van der Waals surface area contributed by atoms with Gasteiger partial charge in [0.05, 0.1) is 6.10 Å². The zero-order valence-corrected chi connectivity index (χ0v) is 11.4. The molecule has 0 saturated carbocycles. The molecule has 1 aromatic heterocycles. The fourth-order valence-electron chi connectivity index (χ4n) is 1.56. The van der Waals surface area contributed by atoms with Gasteiger partial charge in [0.1, 0.15) is 0 Å². The lowest BCUT2D eigenvalue weighted by Gasteiger charge is -2.11. The number of hydrogen-bond acceptors (Lipinski definition) is 2. The van der Waals surface area contributed by atoms with Crippen LogP contribution >= 0.6 is 27.3 Å². The summed E-state index contributed by atoms with van der Waals surface area (Å²) in [6.45, 7) is 0. The molecule has 2 rings (SSSR count). The Morgan fingerprint density at radius 1 is 1.22 bits per heavy atom. The van der Waals surface area contributed by atoms with E-state index in [1.807, 2.05) is 5.38 Å². The van der Waals surface area contributed by atoms with Crippen molar-refractivity contribution in [3.05, 3.63) is 55.9 Å². The Labute approximate surface area is 114 Å². The predicted molar refractivity (Wildman–Crippen MR) is 67.0 cm³/mol. The van der Waals surface area contributed by atoms with Crippen LogP contribution in [-0.4, -0.2) is 5.11 Å². The SMILES string of the molecule is OC(Cc1cc(Br)cs1)c1ccc(F)c(F)c1F. The van der Waals surface area contributed by atoms with Gasteiger partial charge in [0.2, 0.25) is 0 Å². The van der Waals surface area contributed by atoms with Crippen LogP contribution in [-0.2, 0) is 6.42 Å². The van der Waals surface area contributed by atoms with Crippen LogP contribution in [0.4, 0.5) is 13.2 Å². The van der Waals surface area contributed by atoms with Crippen LogP contribution in [0.1, 0.15) is 16.5 Å². The van der Waals surface area contributed by atoms with E-state index in [2.05, 4.69) is 15.9 Å². The Morgan fingerprint density at radius 2 is 1.94 bits per heavy atom. The highest BCUT2D eigenvalue weighted by Crippen LogP contribution is 2.28. The maximum atomic E-state index is 13.4. The second-order valence-electron chi connectivity index (χ2n) is 3.72. The van der Waals surface area contributed by atoms with Gasteiger partial charge < -0.3 is 5.11 Å². The van der Waals surface area contributed by atoms with Crippen LogP contribution in [0.25, 0.3) is 0 Å². The van der Waals surface area contributed by atoms with E-state index in [1.165, 1.54) is 11.3 Å². The molecule has 0 aliphatic carbocycles. The Balaban J connectivity index is 2.24. The van der Waals surface area contributed by atoms with Gasteiger partial charge in [-0.3, -0.25) is 0 Å². The molecule has 96 valence electrons. The van der Waals surface area contributed by atoms with Crippen molar-refractivity contribution in [3.63, 3.8) is 0 Å². The zero-order valence-electron chi connectivity index (χ0n) is 8.96. The quantitative estimate of drug-likeness (QED) is 0.832. The molecule has 0 saturated heterocycles. The molecular formula is C12H8BrF3OS. The number of aliphatic hydroxyl groups is 1. The average molecular weight is 337 g/mol. The summed E-state index contributed by atoms with van der Waals surface area (Å²) in [6, 6.07) is 3.65. The highest BCUT2D eigenvalue weighted by Gasteiger charge is 2.19. The van der Waals surface area contributed by atoms with Crippen molar-refractivity contribution in [1.29, 1.82) is 0 Å². The first-order valence-electron chi connectivity index (χ1n) is 5.03. The Bertz CT molecular complexity index is 570. The lowest BCUT2D eigenvalue weighted by atomic mass is 10.0. The fraction of sp³-hybridized carbons (Fsp3) is 0.167. The van der Waals surface area contributed by atoms with Crippen molar-refractivity contribution in [2.24, 2.45) is 0 Å². The van der Waals surface area contributed by atoms with Crippen LogP contribution in [0.3, 0.4) is 0 Å². The highest BCUT2D eigenvalue weighted by atomic mass is 79.9. The minimum Gasteiger partial charge on any atom is -0.388 e. The molecule has 0 aliphatic heterocycles. The Hall–Kier alpha value is -0.850. The van der Waals surface area contributed by atoms with E-state index in [4.69, 9.17) is 0 Å². The van der Waals surface area contributed by atoms with Crippen LogP contribution in [0.5, 0.6) is 0 Å². The minimum absolute atomic E-state index is 0.151. The lowest BCUT2D eigenvalue weighted by molar-refractivity contribution is 0.173. The van der Waals surface area contributed by atoms with Gasteiger partial charge >= 0.3 is 0 Å². The molecule has 1 aromatic carbocycles. The summed E-state index contributed by atoms with van der Waals surface area (Å²) in [7, 11) is 0. The molecule has 0 radical (unpaired) electrons. The second-order valence-corrected chi connectivity index (χ2v) is 5.63. The third kappa shape index (κ3) is 2.76. The van der Waals surface area contributed by atoms with Crippen molar-refractivity contribution >= 4 is 27.3 Å². The molecular weight excluding hydrogens is 329 g/mol. The van der Waals surface area contributed by atoms with Crippen molar-refractivity contribution in [2.45, 2.75) is 12.5 Å². The summed E-state index contributed by atoms with van der Waals surface area (Å²) >= 11 is 4.65. The van der Waals surface area contributed by atoms with Gasteiger partial charge in [-0.2, -0.15) is 0 Å². The fourth-order valence-corrected chi connectivity index (χ4v) is 3.05. The van der Waals surface area contributed by atoms with Crippen molar-refractivity contribution < 1.29 is 18.3 Å². The molecule has 1 nitrogen and oxygen atoms in total. The first-order valence-corrected chi connectivity index (χ1v) is 6.70. The van der Waals surface area contributed by atoms with Gasteiger partial charge in [-0.05, 0) is 28.1 Å². The average Bonchev–Trinajstić information content (AvgIpc) is 2.71. The highest BCUT2D eigenvalue weighted by molar-refractivity contribution is 9.10. The zero-order chi connectivity index (χ0) is 13.3. The molecule has 6 heteroatoms. The largest absolute Gasteiger partial charge is 0.388 e. The van der Waals surface area contributed by atoms with Crippen LogP contribution in [0.15, 0.2) is 28.1 Å². The molecule has 18 heavy (non-hydrogen) atoms. The summed E-state index contributed by atoms with van der Waals surface area (Å²) in [5, 5.41) is 11.7. The van der Waals surface area contributed by atoms with Gasteiger partial charge in [0.25, 0.3) is 0 Å². The van der Waals surface area contributed by atoms with Gasteiger partial charge in [-0.1, -0.05) is 6.07 Å². The number of halogens is 4. The third-order valence-electron chi connectivity index (χ3n) is 2.44. The maximum Gasteiger partial charge on any atom is 0.194 e. The van der Waals surface area contributed by atoms with E-state index in [1.54, 1.807) is 6.07 Å². The van der Waals surface area contributed by atoms with Gasteiger partial charge in [-0.25, -0.2) is 13.2 Å². The van der Waals surface area contributed by atoms with Gasteiger partial charge in [0, 0.05) is 26.7 Å². The minimum atomic E-state index is -1.56. The molecule has 0 aliphatic rings. The number of thiophene rings is 1. The predicted octanol–water partition coefficient (Wildman–Crippen LogP) is 4.20. The second kappa shape index (κ2) is 5.42. The molecule has 1 N–H and O–H groups in total. The first kappa shape index (κ1) is 13.6. The van der Waals surface area contributed by atoms with Crippen molar-refractivity contribution in [1.82, 2.24) is 0 Å². The lowest BCUT2D eigenvalue weighted by Crippen LogP contribution is -2.06. The number of rotatable bonds is 3. The van der Waals surface area contributed by atoms with E-state index in [9.17, 15) is 18.3 Å². The van der Waals surface area contributed by atoms with E-state index >= 15 is 0 Å². The molecule has 1 atom stereocenters. The molecule has 1 heterocycles. The van der Waals surface area contributed by atoms with Crippen molar-refractivity contribution in [2.75, 3.05) is 0 Å². The Kier molecular flexibility index (Phi) is 4.09. The molecule has 0 fully saturated rings. The van der Waals surface area contributed by atoms with E-state index in [0.717, 1.165) is 21.5 Å². The summed E-state index contributed by atoms with van der Waals surface area (Å²) in [5.41, 5.74) is -0.238. The normalized spacial score (nSPS) is 12.7. The topological polar surface area (TPSA) is 20.2 Å². The molecule has 2 aromatic rings. The van der Waals surface area contributed by atoms with Crippen molar-refractivity contribution in [3.8, 4) is 0 Å². The third-order valence-corrected chi connectivity index (χ3v) is 4.16. The summed E-state index contributed by atoms with van der Waals surface area (Å²) < 4.78 is 40.1. The summed E-state index contributed by atoms with van der Waals surface area (Å²) in [5.74, 6) is -4.15. The molecule has 1 unspecified atom stereocenters. The standard InChI is InChI=1S/C12H8BrF3OS/c13-6-3-7(18-5-6)4-10(17)8-1-2-9(14)12(16)11(8)15/h1-3,5,10,17H,4H2. The number of aliphatic hydroxyl groups excluding tert-OH is 1. The summed E-state index contributed by atoms with van der Waals surface area (Å²) in [4.78, 5) is 0.818. The van der Waals surface area contributed by atoms with E-state index < -0.39 is 23.6 Å². The molecule has 0 spiro atoms. The van der Waals surface area contributed by atoms with Gasteiger partial charge in [0.15, 0.2) is 17.5 Å². The van der Waals surface area contributed by atoms with E-state index in [-0.39, 0.29) is 12.0 Å². The first-order chi connectivity index (χ1) is 8.49. The number of hydrogen-bond donors (Lipinski definition) is 1. The number of benzene rings is 1. The van der Waals surface area contributed by atoms with Crippen LogP contribution in [0.2, 0.25) is 0 Å². The Morgan fingerprint density at radius 3 is 2.56 bits per heavy atom. The monoisotopic (exact) mass is 336 g/mol. The van der Waals surface area contributed by atoms with E-state index in [0.29, 0.717) is 0 Å².